The molecule has 1 aromatic carbocycles. The van der Waals surface area contributed by atoms with E-state index < -0.39 is 0 Å². The number of nitrogens with one attached hydrogen (secondary N) is 2. The fraction of sp³-hybridized carbons (Fsp3) is 0.571. The number of ether oxygens (including phenoxy) is 1. The first-order valence-corrected chi connectivity index (χ1v) is 6.42. The minimum absolute atomic E-state index is 0.433. The van der Waals surface area contributed by atoms with E-state index in [1.807, 2.05) is 0 Å². The zero-order valence-corrected chi connectivity index (χ0v) is 10.7. The Kier molecular flexibility index (Phi) is 4.40. The molecule has 0 radical (unpaired) electrons. The third kappa shape index (κ3) is 3.72. The predicted molar refractivity (Wildman–Crippen MR) is 70.4 cm³/mol. The summed E-state index contributed by atoms with van der Waals surface area (Å²) in [5.41, 5.74) is 1.33. The van der Waals surface area contributed by atoms with E-state index in [1.54, 1.807) is 0 Å². The summed E-state index contributed by atoms with van der Waals surface area (Å²) in [7, 11) is 0. The molecule has 1 fully saturated rings. The van der Waals surface area contributed by atoms with Crippen LogP contribution in [0.5, 0.6) is 5.75 Å². The van der Waals surface area contributed by atoms with Crippen LogP contribution in [0, 0.1) is 5.92 Å². The molecular formula is C14H22N2O. The second kappa shape index (κ2) is 6.03. The Morgan fingerprint density at radius 1 is 1.24 bits per heavy atom. The highest BCUT2D eigenvalue weighted by atomic mass is 16.5. The summed E-state index contributed by atoms with van der Waals surface area (Å²) in [6.07, 6.45) is 0. The fourth-order valence-corrected chi connectivity index (χ4v) is 1.95. The lowest BCUT2D eigenvalue weighted by molar-refractivity contribution is 0.271. The average Bonchev–Trinajstić information content (AvgIpc) is 2.38. The standard InChI is InChI=1S/C14H22N2O/c1-11(2)10-17-13-5-3-12(4-6-13)14-9-15-7-8-16-14/h3-6,11,14-16H,7-10H2,1-2H3. The molecule has 17 heavy (non-hydrogen) atoms. The van der Waals surface area contributed by atoms with E-state index in [-0.39, 0.29) is 0 Å². The van der Waals surface area contributed by atoms with Crippen LogP contribution in [0.25, 0.3) is 0 Å². The molecule has 0 saturated carbocycles. The Labute approximate surface area is 104 Å². The molecular weight excluding hydrogens is 212 g/mol. The zero-order chi connectivity index (χ0) is 12.1. The summed E-state index contributed by atoms with van der Waals surface area (Å²) in [6.45, 7) is 8.20. The highest BCUT2D eigenvalue weighted by Crippen LogP contribution is 2.18. The summed E-state index contributed by atoms with van der Waals surface area (Å²) in [6, 6.07) is 8.87. The molecule has 1 aliphatic rings. The molecule has 94 valence electrons. The van der Waals surface area contributed by atoms with Crippen molar-refractivity contribution in [2.24, 2.45) is 5.92 Å². The van der Waals surface area contributed by atoms with Gasteiger partial charge in [-0.25, -0.2) is 0 Å². The van der Waals surface area contributed by atoms with Gasteiger partial charge in [0.2, 0.25) is 0 Å². The van der Waals surface area contributed by atoms with Crippen LogP contribution in [0.4, 0.5) is 0 Å². The van der Waals surface area contributed by atoms with Gasteiger partial charge >= 0.3 is 0 Å². The highest BCUT2D eigenvalue weighted by Gasteiger charge is 2.13. The van der Waals surface area contributed by atoms with Gasteiger partial charge in [0.05, 0.1) is 6.61 Å². The van der Waals surface area contributed by atoms with Crippen molar-refractivity contribution in [2.45, 2.75) is 19.9 Å². The maximum atomic E-state index is 5.67. The Bertz CT molecular complexity index is 329. The van der Waals surface area contributed by atoms with E-state index in [0.717, 1.165) is 32.0 Å². The van der Waals surface area contributed by atoms with Crippen molar-refractivity contribution < 1.29 is 4.74 Å². The molecule has 0 amide bonds. The second-order valence-electron chi connectivity index (χ2n) is 4.98. The molecule has 2 rings (SSSR count). The van der Waals surface area contributed by atoms with Gasteiger partial charge in [-0.05, 0) is 23.6 Å². The van der Waals surface area contributed by atoms with Crippen LogP contribution in [0.1, 0.15) is 25.5 Å². The molecule has 1 unspecified atom stereocenters. The van der Waals surface area contributed by atoms with E-state index in [2.05, 4.69) is 48.7 Å². The normalized spacial score (nSPS) is 20.5. The van der Waals surface area contributed by atoms with Crippen molar-refractivity contribution in [1.82, 2.24) is 10.6 Å². The number of benzene rings is 1. The van der Waals surface area contributed by atoms with Crippen molar-refractivity contribution in [3.05, 3.63) is 29.8 Å². The summed E-state index contributed by atoms with van der Waals surface area (Å²) in [5, 5.41) is 6.90. The molecule has 0 bridgehead atoms. The number of piperazine rings is 1. The summed E-state index contributed by atoms with van der Waals surface area (Å²) in [5.74, 6) is 1.53. The van der Waals surface area contributed by atoms with Gasteiger partial charge in [0.25, 0.3) is 0 Å². The highest BCUT2D eigenvalue weighted by molar-refractivity contribution is 5.29. The molecule has 2 N–H and O–H groups in total. The minimum Gasteiger partial charge on any atom is -0.493 e. The van der Waals surface area contributed by atoms with E-state index in [0.29, 0.717) is 12.0 Å². The number of hydrogen-bond donors (Lipinski definition) is 2. The molecule has 1 atom stereocenters. The van der Waals surface area contributed by atoms with Crippen molar-refractivity contribution in [2.75, 3.05) is 26.2 Å². The van der Waals surface area contributed by atoms with Gasteiger partial charge in [-0.1, -0.05) is 26.0 Å². The van der Waals surface area contributed by atoms with Crippen LogP contribution >= 0.6 is 0 Å². The maximum absolute atomic E-state index is 5.67. The topological polar surface area (TPSA) is 33.3 Å². The van der Waals surface area contributed by atoms with E-state index in [1.165, 1.54) is 5.56 Å². The van der Waals surface area contributed by atoms with Gasteiger partial charge in [-0.15, -0.1) is 0 Å². The molecule has 1 aromatic rings. The monoisotopic (exact) mass is 234 g/mol. The van der Waals surface area contributed by atoms with Gasteiger partial charge < -0.3 is 15.4 Å². The largest absolute Gasteiger partial charge is 0.493 e. The van der Waals surface area contributed by atoms with E-state index in [9.17, 15) is 0 Å². The third-order valence-corrected chi connectivity index (χ3v) is 2.91. The first kappa shape index (κ1) is 12.4. The number of rotatable bonds is 4. The fourth-order valence-electron chi connectivity index (χ4n) is 1.95. The van der Waals surface area contributed by atoms with Crippen LogP contribution in [0.2, 0.25) is 0 Å². The molecule has 0 spiro atoms. The summed E-state index contributed by atoms with van der Waals surface area (Å²) in [4.78, 5) is 0. The van der Waals surface area contributed by atoms with Crippen molar-refractivity contribution in [3.63, 3.8) is 0 Å². The van der Waals surface area contributed by atoms with E-state index >= 15 is 0 Å². The van der Waals surface area contributed by atoms with Gasteiger partial charge in [0.1, 0.15) is 5.75 Å². The van der Waals surface area contributed by atoms with Crippen LogP contribution in [-0.2, 0) is 0 Å². The lowest BCUT2D eigenvalue weighted by Gasteiger charge is -2.25. The SMILES string of the molecule is CC(C)COc1ccc(C2CNCCN2)cc1. The van der Waals surface area contributed by atoms with Gasteiger partial charge in [-0.3, -0.25) is 0 Å². The molecule has 1 aliphatic heterocycles. The minimum atomic E-state index is 0.433. The van der Waals surface area contributed by atoms with Crippen molar-refractivity contribution in [3.8, 4) is 5.75 Å². The van der Waals surface area contributed by atoms with Gasteiger partial charge in [-0.2, -0.15) is 0 Å². The summed E-state index contributed by atoms with van der Waals surface area (Å²) < 4.78 is 5.67. The molecule has 0 aliphatic carbocycles. The van der Waals surface area contributed by atoms with Crippen LogP contribution in [0.3, 0.4) is 0 Å². The lowest BCUT2D eigenvalue weighted by Crippen LogP contribution is -2.42. The Balaban J connectivity index is 1.92. The Morgan fingerprint density at radius 3 is 2.59 bits per heavy atom. The molecule has 1 heterocycles. The quantitative estimate of drug-likeness (QED) is 0.835. The van der Waals surface area contributed by atoms with Crippen LogP contribution in [0.15, 0.2) is 24.3 Å². The van der Waals surface area contributed by atoms with Gasteiger partial charge in [0.15, 0.2) is 0 Å². The van der Waals surface area contributed by atoms with E-state index in [4.69, 9.17) is 4.74 Å². The molecule has 0 aromatic heterocycles. The van der Waals surface area contributed by atoms with Crippen LogP contribution in [-0.4, -0.2) is 26.2 Å². The molecule has 1 saturated heterocycles. The average molecular weight is 234 g/mol. The predicted octanol–water partition coefficient (Wildman–Crippen LogP) is 1.96. The lowest BCUT2D eigenvalue weighted by atomic mass is 10.1. The van der Waals surface area contributed by atoms with Gasteiger partial charge in [0, 0.05) is 25.7 Å². The smallest absolute Gasteiger partial charge is 0.119 e. The number of hydrogen-bond acceptors (Lipinski definition) is 3. The Morgan fingerprint density at radius 2 is 2.00 bits per heavy atom. The van der Waals surface area contributed by atoms with Crippen LogP contribution < -0.4 is 15.4 Å². The Hall–Kier alpha value is -1.06. The second-order valence-corrected chi connectivity index (χ2v) is 4.98. The summed E-state index contributed by atoms with van der Waals surface area (Å²) >= 11 is 0. The van der Waals surface area contributed by atoms with Crippen molar-refractivity contribution in [1.29, 1.82) is 0 Å². The third-order valence-electron chi connectivity index (χ3n) is 2.91. The zero-order valence-electron chi connectivity index (χ0n) is 10.7. The first-order valence-electron chi connectivity index (χ1n) is 6.42. The maximum Gasteiger partial charge on any atom is 0.119 e. The molecule has 3 heteroatoms. The molecule has 3 nitrogen and oxygen atoms in total. The first-order chi connectivity index (χ1) is 8.25. The van der Waals surface area contributed by atoms with Crippen molar-refractivity contribution >= 4 is 0 Å².